The summed E-state index contributed by atoms with van der Waals surface area (Å²) >= 11 is 0. The fourth-order valence-electron chi connectivity index (χ4n) is 0.529. The Morgan fingerprint density at radius 1 is 1.64 bits per heavy atom. The van der Waals surface area contributed by atoms with Crippen LogP contribution in [0.3, 0.4) is 0 Å². The van der Waals surface area contributed by atoms with E-state index in [1.54, 1.807) is 6.92 Å². The Morgan fingerprint density at radius 3 is 2.73 bits per heavy atom. The number of hydrogen-bond acceptors (Lipinski definition) is 3. The van der Waals surface area contributed by atoms with Gasteiger partial charge in [0.15, 0.2) is 0 Å². The molecule has 3 nitrogen and oxygen atoms in total. The van der Waals surface area contributed by atoms with Gasteiger partial charge in [0.25, 0.3) is 0 Å². The van der Waals surface area contributed by atoms with Crippen molar-refractivity contribution in [3.8, 4) is 0 Å². The summed E-state index contributed by atoms with van der Waals surface area (Å²) in [6, 6.07) is 0. The van der Waals surface area contributed by atoms with E-state index in [9.17, 15) is 4.79 Å². The molecule has 0 radical (unpaired) electrons. The Bertz CT molecular complexity index is 149. The number of aliphatic hydroxyl groups is 1. The molecule has 0 aliphatic rings. The Hall–Kier alpha value is -0.830. The average molecular weight is 158 g/mol. The molecule has 3 heteroatoms. The lowest BCUT2D eigenvalue weighted by Crippen LogP contribution is -2.06. The predicted octanol–water partition coefficient (Wildman–Crippen LogP) is 0.878. The highest BCUT2D eigenvalue weighted by molar-refractivity contribution is 5.87. The van der Waals surface area contributed by atoms with Crippen molar-refractivity contribution in [2.75, 3.05) is 13.2 Å². The first-order valence-electron chi connectivity index (χ1n) is 3.67. The van der Waals surface area contributed by atoms with Crippen LogP contribution in [0, 0.1) is 0 Å². The molecule has 0 aromatic carbocycles. The molecule has 0 aromatic rings. The molecular formula is C8H14O3. The lowest BCUT2D eigenvalue weighted by Gasteiger charge is -2.01. The van der Waals surface area contributed by atoms with Crippen molar-refractivity contribution in [3.63, 3.8) is 0 Å². The molecule has 0 amide bonds. The van der Waals surface area contributed by atoms with Crippen LogP contribution in [0.15, 0.2) is 11.6 Å². The number of esters is 1. The van der Waals surface area contributed by atoms with Gasteiger partial charge < -0.3 is 9.84 Å². The summed E-state index contributed by atoms with van der Waals surface area (Å²) in [6.45, 7) is 3.87. The van der Waals surface area contributed by atoms with Crippen molar-refractivity contribution in [2.24, 2.45) is 0 Å². The zero-order valence-electron chi connectivity index (χ0n) is 6.96. The van der Waals surface area contributed by atoms with Crippen LogP contribution in [-0.4, -0.2) is 24.3 Å². The lowest BCUT2D eigenvalue weighted by atomic mass is 10.3. The minimum absolute atomic E-state index is 0.118. The van der Waals surface area contributed by atoms with Crippen molar-refractivity contribution >= 4 is 5.97 Å². The second-order valence-corrected chi connectivity index (χ2v) is 2.21. The van der Waals surface area contributed by atoms with E-state index in [1.807, 2.05) is 6.92 Å². The highest BCUT2D eigenvalue weighted by Gasteiger charge is 2.02. The first-order valence-corrected chi connectivity index (χ1v) is 3.67. The Morgan fingerprint density at radius 2 is 2.27 bits per heavy atom. The van der Waals surface area contributed by atoms with Crippen molar-refractivity contribution in [2.45, 2.75) is 20.3 Å². The number of carbonyl (C=O) groups excluding carboxylic acids is 1. The van der Waals surface area contributed by atoms with Gasteiger partial charge in [-0.1, -0.05) is 6.92 Å². The van der Waals surface area contributed by atoms with Crippen LogP contribution >= 0.6 is 0 Å². The van der Waals surface area contributed by atoms with E-state index in [0.717, 1.165) is 6.42 Å². The molecule has 0 aliphatic carbocycles. The third-order valence-electron chi connectivity index (χ3n) is 1.16. The van der Waals surface area contributed by atoms with Crippen LogP contribution in [-0.2, 0) is 9.53 Å². The molecule has 0 aromatic heterocycles. The number of rotatable bonds is 4. The molecule has 0 unspecified atom stereocenters. The molecule has 0 aliphatic heterocycles. The summed E-state index contributed by atoms with van der Waals surface area (Å²) in [5.74, 6) is -0.346. The SMILES string of the molecule is CCCOC(=O)/C(C)=C/CO. The number of hydrogen-bond donors (Lipinski definition) is 1. The van der Waals surface area contributed by atoms with E-state index in [2.05, 4.69) is 0 Å². The summed E-state index contributed by atoms with van der Waals surface area (Å²) in [5, 5.41) is 8.43. The fourth-order valence-corrected chi connectivity index (χ4v) is 0.529. The van der Waals surface area contributed by atoms with Crippen LogP contribution < -0.4 is 0 Å². The largest absolute Gasteiger partial charge is 0.462 e. The standard InChI is InChI=1S/C8H14O3/c1-3-6-11-8(10)7(2)4-5-9/h4,9H,3,5-6H2,1-2H3/b7-4+. The maximum Gasteiger partial charge on any atom is 0.333 e. The minimum Gasteiger partial charge on any atom is -0.462 e. The third-order valence-corrected chi connectivity index (χ3v) is 1.16. The van der Waals surface area contributed by atoms with Gasteiger partial charge in [0, 0.05) is 5.57 Å². The smallest absolute Gasteiger partial charge is 0.333 e. The van der Waals surface area contributed by atoms with E-state index < -0.39 is 0 Å². The molecule has 0 saturated heterocycles. The monoisotopic (exact) mass is 158 g/mol. The van der Waals surface area contributed by atoms with Gasteiger partial charge >= 0.3 is 5.97 Å². The maximum atomic E-state index is 10.9. The Labute approximate surface area is 66.7 Å². The minimum atomic E-state index is -0.346. The zero-order chi connectivity index (χ0) is 8.69. The van der Waals surface area contributed by atoms with Gasteiger partial charge in [0.2, 0.25) is 0 Å². The summed E-state index contributed by atoms with van der Waals surface area (Å²) in [4.78, 5) is 10.9. The van der Waals surface area contributed by atoms with Crippen molar-refractivity contribution in [1.82, 2.24) is 0 Å². The average Bonchev–Trinajstić information content (AvgIpc) is 2.00. The normalized spacial score (nSPS) is 11.4. The molecule has 1 N–H and O–H groups in total. The van der Waals surface area contributed by atoms with Crippen LogP contribution in [0.4, 0.5) is 0 Å². The maximum absolute atomic E-state index is 10.9. The second kappa shape index (κ2) is 5.92. The van der Waals surface area contributed by atoms with Gasteiger partial charge in [-0.25, -0.2) is 4.79 Å². The molecule has 0 atom stereocenters. The van der Waals surface area contributed by atoms with Gasteiger partial charge in [-0.15, -0.1) is 0 Å². The van der Waals surface area contributed by atoms with E-state index in [-0.39, 0.29) is 12.6 Å². The molecule has 64 valence electrons. The number of carbonyl (C=O) groups is 1. The van der Waals surface area contributed by atoms with Crippen LogP contribution in [0.1, 0.15) is 20.3 Å². The summed E-state index contributed by atoms with van der Waals surface area (Å²) < 4.78 is 4.79. The van der Waals surface area contributed by atoms with Gasteiger partial charge in [0.05, 0.1) is 13.2 Å². The van der Waals surface area contributed by atoms with Crippen molar-refractivity contribution in [1.29, 1.82) is 0 Å². The fraction of sp³-hybridized carbons (Fsp3) is 0.625. The highest BCUT2D eigenvalue weighted by atomic mass is 16.5. The molecule has 0 saturated carbocycles. The molecule has 0 heterocycles. The topological polar surface area (TPSA) is 46.5 Å². The second-order valence-electron chi connectivity index (χ2n) is 2.21. The quantitative estimate of drug-likeness (QED) is 0.488. The van der Waals surface area contributed by atoms with E-state index >= 15 is 0 Å². The molecule has 0 rings (SSSR count). The van der Waals surface area contributed by atoms with Gasteiger partial charge in [-0.2, -0.15) is 0 Å². The van der Waals surface area contributed by atoms with Gasteiger partial charge in [-0.05, 0) is 19.4 Å². The molecular weight excluding hydrogens is 144 g/mol. The molecule has 0 spiro atoms. The zero-order valence-corrected chi connectivity index (χ0v) is 6.96. The van der Waals surface area contributed by atoms with E-state index in [1.165, 1.54) is 6.08 Å². The summed E-state index contributed by atoms with van der Waals surface area (Å²) in [6.07, 6.45) is 2.25. The summed E-state index contributed by atoms with van der Waals surface area (Å²) in [5.41, 5.74) is 0.459. The number of ether oxygens (including phenoxy) is 1. The van der Waals surface area contributed by atoms with Crippen LogP contribution in [0.25, 0.3) is 0 Å². The molecule has 0 fully saturated rings. The van der Waals surface area contributed by atoms with Crippen LogP contribution in [0.2, 0.25) is 0 Å². The predicted molar refractivity (Wildman–Crippen MR) is 42.1 cm³/mol. The Balaban J connectivity index is 3.73. The van der Waals surface area contributed by atoms with Crippen molar-refractivity contribution < 1.29 is 14.6 Å². The van der Waals surface area contributed by atoms with Gasteiger partial charge in [0.1, 0.15) is 0 Å². The van der Waals surface area contributed by atoms with Crippen LogP contribution in [0.5, 0.6) is 0 Å². The first-order chi connectivity index (χ1) is 5.22. The van der Waals surface area contributed by atoms with E-state index in [0.29, 0.717) is 12.2 Å². The lowest BCUT2D eigenvalue weighted by molar-refractivity contribution is -0.139. The first kappa shape index (κ1) is 10.2. The Kier molecular flexibility index (Phi) is 5.47. The van der Waals surface area contributed by atoms with Gasteiger partial charge in [-0.3, -0.25) is 0 Å². The highest BCUT2D eigenvalue weighted by Crippen LogP contribution is 1.96. The molecule has 0 bridgehead atoms. The number of aliphatic hydroxyl groups excluding tert-OH is 1. The van der Waals surface area contributed by atoms with Crippen molar-refractivity contribution in [3.05, 3.63) is 11.6 Å². The van der Waals surface area contributed by atoms with E-state index in [4.69, 9.17) is 9.84 Å². The summed E-state index contributed by atoms with van der Waals surface area (Å²) in [7, 11) is 0. The molecule has 11 heavy (non-hydrogen) atoms. The third kappa shape index (κ3) is 4.56.